The Hall–Kier alpha value is -0.830. The van der Waals surface area contributed by atoms with Crippen LogP contribution in [-0.2, 0) is 13.5 Å². The van der Waals surface area contributed by atoms with Crippen LogP contribution in [0.4, 0.5) is 0 Å². The molecular formula is C18H33N3. The van der Waals surface area contributed by atoms with Crippen molar-refractivity contribution in [2.24, 2.45) is 24.8 Å². The van der Waals surface area contributed by atoms with E-state index in [1.807, 2.05) is 0 Å². The van der Waals surface area contributed by atoms with Crippen molar-refractivity contribution in [3.63, 3.8) is 0 Å². The van der Waals surface area contributed by atoms with E-state index in [1.54, 1.807) is 0 Å². The van der Waals surface area contributed by atoms with Gasteiger partial charge >= 0.3 is 0 Å². The van der Waals surface area contributed by atoms with Crippen LogP contribution in [0.25, 0.3) is 0 Å². The molecule has 3 heteroatoms. The van der Waals surface area contributed by atoms with Crippen molar-refractivity contribution in [2.45, 2.75) is 59.3 Å². The normalized spacial score (nSPS) is 26.2. The van der Waals surface area contributed by atoms with Gasteiger partial charge in [0.2, 0.25) is 0 Å². The van der Waals surface area contributed by atoms with Crippen molar-refractivity contribution in [3.05, 3.63) is 17.5 Å². The maximum atomic E-state index is 4.52. The summed E-state index contributed by atoms with van der Waals surface area (Å²) in [5.74, 6) is 2.62. The van der Waals surface area contributed by atoms with Crippen molar-refractivity contribution in [3.8, 4) is 0 Å². The Morgan fingerprint density at radius 3 is 2.71 bits per heavy atom. The van der Waals surface area contributed by atoms with Crippen molar-refractivity contribution >= 4 is 0 Å². The number of nitrogens with zero attached hydrogens (tertiary/aromatic N) is 2. The molecule has 3 atom stereocenters. The second-order valence-electron chi connectivity index (χ2n) is 6.90. The van der Waals surface area contributed by atoms with E-state index in [-0.39, 0.29) is 0 Å². The molecule has 0 amide bonds. The molecule has 3 nitrogen and oxygen atoms in total. The van der Waals surface area contributed by atoms with Crippen LogP contribution in [0.3, 0.4) is 0 Å². The second-order valence-corrected chi connectivity index (χ2v) is 6.90. The van der Waals surface area contributed by atoms with Gasteiger partial charge in [0.05, 0.1) is 5.69 Å². The molecule has 1 aromatic rings. The zero-order chi connectivity index (χ0) is 15.2. The summed E-state index contributed by atoms with van der Waals surface area (Å²) >= 11 is 0. The molecule has 1 aliphatic carbocycles. The van der Waals surface area contributed by atoms with E-state index in [0.717, 1.165) is 30.0 Å². The summed E-state index contributed by atoms with van der Waals surface area (Å²) in [6.07, 6.45) is 8.20. The molecule has 3 unspecified atom stereocenters. The lowest BCUT2D eigenvalue weighted by atomic mass is 9.71. The zero-order valence-electron chi connectivity index (χ0n) is 14.4. The zero-order valence-corrected chi connectivity index (χ0v) is 14.4. The summed E-state index contributed by atoms with van der Waals surface area (Å²) in [5.41, 5.74) is 2.56. The molecule has 1 aliphatic rings. The Balaban J connectivity index is 2.03. The first-order valence-corrected chi connectivity index (χ1v) is 8.84. The SMILES string of the molecule is CCCC1CCC(CNCC)C(Cc2cc(C)nn2C)C1. The van der Waals surface area contributed by atoms with Gasteiger partial charge in [0.15, 0.2) is 0 Å². The van der Waals surface area contributed by atoms with Gasteiger partial charge in [0, 0.05) is 12.7 Å². The first kappa shape index (κ1) is 16.5. The Bertz CT molecular complexity index is 424. The van der Waals surface area contributed by atoms with E-state index in [4.69, 9.17) is 0 Å². The third-order valence-corrected chi connectivity index (χ3v) is 5.17. The molecule has 1 aromatic heterocycles. The van der Waals surface area contributed by atoms with Crippen LogP contribution in [0.2, 0.25) is 0 Å². The number of rotatable bonds is 7. The molecule has 0 aliphatic heterocycles. The molecule has 1 saturated carbocycles. The summed E-state index contributed by atoms with van der Waals surface area (Å²) in [6, 6.07) is 2.27. The van der Waals surface area contributed by atoms with Gasteiger partial charge in [-0.2, -0.15) is 5.10 Å². The largest absolute Gasteiger partial charge is 0.317 e. The van der Waals surface area contributed by atoms with Gasteiger partial charge in [0.25, 0.3) is 0 Å². The molecular weight excluding hydrogens is 258 g/mol. The van der Waals surface area contributed by atoms with E-state index < -0.39 is 0 Å². The van der Waals surface area contributed by atoms with Crippen molar-refractivity contribution < 1.29 is 0 Å². The molecule has 120 valence electrons. The molecule has 1 heterocycles. The van der Waals surface area contributed by atoms with Gasteiger partial charge in [-0.15, -0.1) is 0 Å². The Morgan fingerprint density at radius 1 is 1.29 bits per heavy atom. The van der Waals surface area contributed by atoms with Crippen LogP contribution >= 0.6 is 0 Å². The van der Waals surface area contributed by atoms with Crippen LogP contribution in [0.1, 0.15) is 57.3 Å². The molecule has 2 rings (SSSR count). The first-order chi connectivity index (χ1) is 10.1. The van der Waals surface area contributed by atoms with E-state index >= 15 is 0 Å². The van der Waals surface area contributed by atoms with Gasteiger partial charge in [0.1, 0.15) is 0 Å². The highest BCUT2D eigenvalue weighted by Crippen LogP contribution is 2.37. The highest BCUT2D eigenvalue weighted by Gasteiger charge is 2.30. The smallest absolute Gasteiger partial charge is 0.0596 e. The highest BCUT2D eigenvalue weighted by atomic mass is 15.3. The molecule has 0 spiro atoms. The lowest BCUT2D eigenvalue weighted by Gasteiger charge is -2.36. The van der Waals surface area contributed by atoms with Gasteiger partial charge in [-0.25, -0.2) is 0 Å². The van der Waals surface area contributed by atoms with Gasteiger partial charge < -0.3 is 5.32 Å². The number of hydrogen-bond donors (Lipinski definition) is 1. The third kappa shape index (κ3) is 4.57. The first-order valence-electron chi connectivity index (χ1n) is 8.84. The van der Waals surface area contributed by atoms with Crippen LogP contribution in [0.5, 0.6) is 0 Å². The van der Waals surface area contributed by atoms with Gasteiger partial charge in [-0.3, -0.25) is 4.68 Å². The van der Waals surface area contributed by atoms with Crippen LogP contribution in [0, 0.1) is 24.7 Å². The standard InChI is InChI=1S/C18H33N3/c1-5-7-15-8-9-16(13-19-6-2)17(11-15)12-18-10-14(3)20-21(18)4/h10,15-17,19H,5-9,11-13H2,1-4H3. The topological polar surface area (TPSA) is 29.9 Å². The number of aryl methyl sites for hydroxylation is 2. The van der Waals surface area contributed by atoms with Crippen LogP contribution in [-0.4, -0.2) is 22.9 Å². The quantitative estimate of drug-likeness (QED) is 0.830. The van der Waals surface area contributed by atoms with Crippen molar-refractivity contribution in [1.29, 1.82) is 0 Å². The van der Waals surface area contributed by atoms with E-state index in [0.29, 0.717) is 0 Å². The van der Waals surface area contributed by atoms with Crippen molar-refractivity contribution in [1.82, 2.24) is 15.1 Å². The Labute approximate surface area is 130 Å². The monoisotopic (exact) mass is 291 g/mol. The number of nitrogens with one attached hydrogen (secondary N) is 1. The summed E-state index contributed by atoms with van der Waals surface area (Å²) < 4.78 is 2.09. The summed E-state index contributed by atoms with van der Waals surface area (Å²) in [4.78, 5) is 0. The Kier molecular flexibility index (Phi) is 6.28. The minimum absolute atomic E-state index is 0.823. The average Bonchev–Trinajstić information content (AvgIpc) is 2.76. The second kappa shape index (κ2) is 7.98. The lowest BCUT2D eigenvalue weighted by molar-refractivity contribution is 0.166. The summed E-state index contributed by atoms with van der Waals surface area (Å²) in [5, 5.41) is 8.10. The minimum atomic E-state index is 0.823. The predicted molar refractivity (Wildman–Crippen MR) is 89.4 cm³/mol. The highest BCUT2D eigenvalue weighted by molar-refractivity contribution is 5.10. The molecule has 1 N–H and O–H groups in total. The maximum Gasteiger partial charge on any atom is 0.0596 e. The lowest BCUT2D eigenvalue weighted by Crippen LogP contribution is -2.34. The van der Waals surface area contributed by atoms with E-state index in [1.165, 1.54) is 50.8 Å². The molecule has 0 bridgehead atoms. The fourth-order valence-corrected chi connectivity index (χ4v) is 4.07. The number of aromatic nitrogens is 2. The van der Waals surface area contributed by atoms with Gasteiger partial charge in [-0.05, 0) is 63.1 Å². The fraction of sp³-hybridized carbons (Fsp3) is 0.833. The summed E-state index contributed by atoms with van der Waals surface area (Å²) in [7, 11) is 2.09. The summed E-state index contributed by atoms with van der Waals surface area (Å²) in [6.45, 7) is 8.91. The van der Waals surface area contributed by atoms with Crippen LogP contribution in [0.15, 0.2) is 6.07 Å². The third-order valence-electron chi connectivity index (χ3n) is 5.17. The van der Waals surface area contributed by atoms with Crippen molar-refractivity contribution in [2.75, 3.05) is 13.1 Å². The molecule has 21 heavy (non-hydrogen) atoms. The molecule has 0 aromatic carbocycles. The molecule has 0 saturated heterocycles. The Morgan fingerprint density at radius 2 is 2.10 bits per heavy atom. The maximum absolute atomic E-state index is 4.52. The van der Waals surface area contributed by atoms with E-state index in [9.17, 15) is 0 Å². The molecule has 1 fully saturated rings. The number of hydrogen-bond acceptors (Lipinski definition) is 2. The minimum Gasteiger partial charge on any atom is -0.317 e. The van der Waals surface area contributed by atoms with Gasteiger partial charge in [-0.1, -0.05) is 33.1 Å². The van der Waals surface area contributed by atoms with Crippen LogP contribution < -0.4 is 5.32 Å². The predicted octanol–water partition coefficient (Wildman–Crippen LogP) is 3.71. The molecule has 0 radical (unpaired) electrons. The average molecular weight is 291 g/mol. The fourth-order valence-electron chi connectivity index (χ4n) is 4.07. The van der Waals surface area contributed by atoms with E-state index in [2.05, 4.69) is 49.0 Å².